The number of aliphatic carboxylic acids is 1. The van der Waals surface area contributed by atoms with Crippen LogP contribution in [0.3, 0.4) is 0 Å². The molecule has 3 amide bonds. The molecular weight excluding hydrogens is 216 g/mol. The predicted octanol–water partition coefficient (Wildman–Crippen LogP) is 0.400. The summed E-state index contributed by atoms with van der Waals surface area (Å²) in [7, 11) is 0. The molecule has 0 aromatic rings. The number of rotatable bonds is 1. The Bertz CT molecular complexity index is 333. The van der Waals surface area contributed by atoms with Gasteiger partial charge in [-0.15, -0.1) is 0 Å². The average Bonchev–Trinajstić information content (AvgIpc) is 2.44. The molecule has 0 unspecified atom stereocenters. The van der Waals surface area contributed by atoms with Gasteiger partial charge < -0.3 is 15.2 Å². The van der Waals surface area contributed by atoms with Crippen LogP contribution in [0.25, 0.3) is 0 Å². The summed E-state index contributed by atoms with van der Waals surface area (Å²) in [5.74, 6) is -1.18. The number of imide groups is 1. The van der Waals surface area contributed by atoms with Crippen molar-refractivity contribution in [3.8, 4) is 0 Å². The number of nitrogens with one attached hydrogen (secondary N) is 1. The molecule has 0 aromatic carbocycles. The summed E-state index contributed by atoms with van der Waals surface area (Å²) in [6.45, 7) is 4.76. The number of hydrogen-bond acceptors (Lipinski definition) is 4. The number of carbonyl (C=O) groups excluding carboxylic acids is 2. The lowest BCUT2D eigenvalue weighted by Gasteiger charge is -2.22. The molecule has 1 atom stereocenters. The van der Waals surface area contributed by atoms with Gasteiger partial charge in [-0.1, -0.05) is 0 Å². The predicted molar refractivity (Wildman–Crippen MR) is 52.9 cm³/mol. The van der Waals surface area contributed by atoms with Gasteiger partial charge in [0.25, 0.3) is 0 Å². The number of carbonyl (C=O) groups is 3. The van der Waals surface area contributed by atoms with Crippen LogP contribution in [0.4, 0.5) is 9.59 Å². The van der Waals surface area contributed by atoms with Gasteiger partial charge in [-0.2, -0.15) is 0 Å². The van der Waals surface area contributed by atoms with E-state index in [2.05, 4.69) is 5.32 Å². The van der Waals surface area contributed by atoms with Crippen molar-refractivity contribution in [1.29, 1.82) is 0 Å². The summed E-state index contributed by atoms with van der Waals surface area (Å²) in [6.07, 6.45) is -0.839. The second kappa shape index (κ2) is 3.99. The van der Waals surface area contributed by atoms with Gasteiger partial charge >= 0.3 is 18.1 Å². The Morgan fingerprint density at radius 1 is 1.50 bits per heavy atom. The van der Waals surface area contributed by atoms with Gasteiger partial charge in [-0.3, -0.25) is 0 Å². The topological polar surface area (TPSA) is 95.9 Å². The average molecular weight is 230 g/mol. The second-order valence-corrected chi connectivity index (χ2v) is 4.43. The molecule has 1 fully saturated rings. The van der Waals surface area contributed by atoms with Crippen LogP contribution in [0.2, 0.25) is 0 Å². The van der Waals surface area contributed by atoms with E-state index in [9.17, 15) is 14.4 Å². The smallest absolute Gasteiger partial charge is 0.418 e. The molecule has 1 aliphatic rings. The summed E-state index contributed by atoms with van der Waals surface area (Å²) in [4.78, 5) is 34.1. The minimum atomic E-state index is -1.18. The van der Waals surface area contributed by atoms with E-state index in [4.69, 9.17) is 9.84 Å². The maximum Gasteiger partial charge on any atom is 0.418 e. The molecule has 0 spiro atoms. The number of carboxylic acids is 1. The molecule has 0 saturated carbocycles. The molecule has 0 radical (unpaired) electrons. The lowest BCUT2D eigenvalue weighted by atomic mass is 10.2. The van der Waals surface area contributed by atoms with E-state index in [1.807, 2.05) is 0 Å². The van der Waals surface area contributed by atoms with Gasteiger partial charge in [0.1, 0.15) is 11.6 Å². The van der Waals surface area contributed by atoms with Crippen molar-refractivity contribution in [2.24, 2.45) is 0 Å². The van der Waals surface area contributed by atoms with Gasteiger partial charge in [-0.25, -0.2) is 19.3 Å². The second-order valence-electron chi connectivity index (χ2n) is 4.43. The zero-order valence-corrected chi connectivity index (χ0v) is 9.31. The zero-order chi connectivity index (χ0) is 12.5. The van der Waals surface area contributed by atoms with Crippen LogP contribution < -0.4 is 5.32 Å². The van der Waals surface area contributed by atoms with Crippen LogP contribution in [-0.4, -0.2) is 46.3 Å². The summed E-state index contributed by atoms with van der Waals surface area (Å²) < 4.78 is 4.95. The molecule has 7 nitrogen and oxygen atoms in total. The summed E-state index contributed by atoms with van der Waals surface area (Å²) in [5.41, 5.74) is -0.724. The normalized spacial score (nSPS) is 20.6. The Balaban J connectivity index is 2.65. The van der Waals surface area contributed by atoms with Crippen molar-refractivity contribution < 1.29 is 24.2 Å². The highest BCUT2D eigenvalue weighted by Crippen LogP contribution is 2.13. The van der Waals surface area contributed by atoms with Gasteiger partial charge in [0.2, 0.25) is 0 Å². The Morgan fingerprint density at radius 2 is 2.06 bits per heavy atom. The molecule has 1 rings (SSSR count). The van der Waals surface area contributed by atoms with Crippen molar-refractivity contribution in [3.63, 3.8) is 0 Å². The summed E-state index contributed by atoms with van der Waals surface area (Å²) >= 11 is 0. The quantitative estimate of drug-likeness (QED) is 0.679. The highest BCUT2D eigenvalue weighted by atomic mass is 16.6. The molecular formula is C9H14N2O5. The third-order valence-corrected chi connectivity index (χ3v) is 1.82. The number of nitrogens with zero attached hydrogens (tertiary/aromatic N) is 1. The van der Waals surface area contributed by atoms with Gasteiger partial charge in [0, 0.05) is 0 Å². The first kappa shape index (κ1) is 12.3. The van der Waals surface area contributed by atoms with Crippen LogP contribution in [0, 0.1) is 0 Å². The first-order valence-corrected chi connectivity index (χ1v) is 4.74. The highest BCUT2D eigenvalue weighted by Gasteiger charge is 2.39. The summed E-state index contributed by atoms with van der Waals surface area (Å²) in [5, 5.41) is 10.8. The van der Waals surface area contributed by atoms with Crippen molar-refractivity contribution in [2.75, 3.05) is 6.54 Å². The largest absolute Gasteiger partial charge is 0.480 e. The number of carboxylic acid groups (broad SMARTS) is 1. The maximum absolute atomic E-state index is 11.5. The standard InChI is InChI=1S/C9H14N2O5/c1-9(2,3)16-8(15)11-4-5(6(12)13)10-7(11)14/h5H,4H2,1-3H3,(H,10,14)(H,12,13)/t5-/m0/s1. The third-order valence-electron chi connectivity index (χ3n) is 1.82. The number of urea groups is 1. The molecule has 1 aliphatic heterocycles. The fraction of sp³-hybridized carbons (Fsp3) is 0.667. The van der Waals surface area contributed by atoms with Crippen LogP contribution in [0.15, 0.2) is 0 Å². The van der Waals surface area contributed by atoms with E-state index >= 15 is 0 Å². The minimum Gasteiger partial charge on any atom is -0.480 e. The van der Waals surface area contributed by atoms with Gasteiger partial charge in [0.15, 0.2) is 0 Å². The van der Waals surface area contributed by atoms with Gasteiger partial charge in [0.05, 0.1) is 6.54 Å². The number of amides is 3. The van der Waals surface area contributed by atoms with Crippen molar-refractivity contribution in [2.45, 2.75) is 32.4 Å². The van der Waals surface area contributed by atoms with Crippen LogP contribution in [0.5, 0.6) is 0 Å². The number of ether oxygens (including phenoxy) is 1. The third kappa shape index (κ3) is 2.85. The van der Waals surface area contributed by atoms with Crippen LogP contribution in [0.1, 0.15) is 20.8 Å². The molecule has 16 heavy (non-hydrogen) atoms. The molecule has 1 heterocycles. The van der Waals surface area contributed by atoms with E-state index in [1.165, 1.54) is 0 Å². The molecule has 7 heteroatoms. The molecule has 0 bridgehead atoms. The fourth-order valence-electron chi connectivity index (χ4n) is 1.15. The molecule has 0 aromatic heterocycles. The lowest BCUT2D eigenvalue weighted by Crippen LogP contribution is -2.38. The van der Waals surface area contributed by atoms with Crippen LogP contribution >= 0.6 is 0 Å². The SMILES string of the molecule is CC(C)(C)OC(=O)N1C[C@@H](C(=O)O)NC1=O. The monoisotopic (exact) mass is 230 g/mol. The first-order valence-electron chi connectivity index (χ1n) is 4.74. The van der Waals surface area contributed by atoms with E-state index in [0.717, 1.165) is 4.90 Å². The summed E-state index contributed by atoms with van der Waals surface area (Å²) in [6, 6.07) is -1.82. The molecule has 0 aliphatic carbocycles. The van der Waals surface area contributed by atoms with Crippen molar-refractivity contribution in [3.05, 3.63) is 0 Å². The molecule has 1 saturated heterocycles. The maximum atomic E-state index is 11.5. The lowest BCUT2D eigenvalue weighted by molar-refractivity contribution is -0.138. The van der Waals surface area contributed by atoms with E-state index < -0.39 is 29.7 Å². The van der Waals surface area contributed by atoms with Gasteiger partial charge in [-0.05, 0) is 20.8 Å². The van der Waals surface area contributed by atoms with E-state index in [1.54, 1.807) is 20.8 Å². The Kier molecular flexibility index (Phi) is 3.06. The van der Waals surface area contributed by atoms with Crippen molar-refractivity contribution in [1.82, 2.24) is 10.2 Å². The van der Waals surface area contributed by atoms with E-state index in [0.29, 0.717) is 0 Å². The Labute approximate surface area is 92.4 Å². The zero-order valence-electron chi connectivity index (χ0n) is 9.31. The Morgan fingerprint density at radius 3 is 2.44 bits per heavy atom. The fourth-order valence-corrected chi connectivity index (χ4v) is 1.15. The molecule has 90 valence electrons. The minimum absolute atomic E-state index is 0.219. The highest BCUT2D eigenvalue weighted by molar-refractivity contribution is 5.96. The van der Waals surface area contributed by atoms with Crippen LogP contribution in [-0.2, 0) is 9.53 Å². The molecule has 2 N–H and O–H groups in total. The van der Waals surface area contributed by atoms with E-state index in [-0.39, 0.29) is 6.54 Å². The first-order chi connectivity index (χ1) is 7.20. The Hall–Kier alpha value is -1.79. The van der Waals surface area contributed by atoms with Crippen molar-refractivity contribution >= 4 is 18.1 Å². The number of hydrogen-bond donors (Lipinski definition) is 2.